The lowest BCUT2D eigenvalue weighted by Gasteiger charge is -2.32. The minimum atomic E-state index is -0.502. The number of nitrogens with one attached hydrogen (secondary N) is 1. The van der Waals surface area contributed by atoms with Crippen molar-refractivity contribution in [2.75, 3.05) is 19.7 Å². The SMILES string of the molecule is C=C1CC2COC(=O)C2(Cc2cccc(C(=O)NC3CCN(Cc4ccccc4)CC3)c2)C1. The van der Waals surface area contributed by atoms with Crippen molar-refractivity contribution in [3.05, 3.63) is 83.4 Å². The molecule has 2 unspecified atom stereocenters. The summed E-state index contributed by atoms with van der Waals surface area (Å²) < 4.78 is 5.40. The van der Waals surface area contributed by atoms with Crippen LogP contribution in [0.15, 0.2) is 66.7 Å². The van der Waals surface area contributed by atoms with Gasteiger partial charge in [0, 0.05) is 37.2 Å². The molecule has 5 heteroatoms. The van der Waals surface area contributed by atoms with Gasteiger partial charge in [-0.1, -0.05) is 54.6 Å². The van der Waals surface area contributed by atoms with Crippen LogP contribution in [0.2, 0.25) is 0 Å². The molecule has 33 heavy (non-hydrogen) atoms. The van der Waals surface area contributed by atoms with E-state index in [4.69, 9.17) is 4.74 Å². The summed E-state index contributed by atoms with van der Waals surface area (Å²) in [5, 5.41) is 3.23. The number of fused-ring (bicyclic) bond motifs is 1. The van der Waals surface area contributed by atoms with Crippen molar-refractivity contribution < 1.29 is 14.3 Å². The second kappa shape index (κ2) is 9.14. The van der Waals surface area contributed by atoms with Crippen molar-refractivity contribution in [3.63, 3.8) is 0 Å². The summed E-state index contributed by atoms with van der Waals surface area (Å²) in [5.74, 6) is 0.0663. The lowest BCUT2D eigenvalue weighted by molar-refractivity contribution is -0.146. The van der Waals surface area contributed by atoms with Crippen molar-refractivity contribution in [2.45, 2.75) is 44.7 Å². The molecule has 0 radical (unpaired) electrons. The summed E-state index contributed by atoms with van der Waals surface area (Å²) in [6, 6.07) is 18.5. The Morgan fingerprint density at radius 2 is 1.85 bits per heavy atom. The topological polar surface area (TPSA) is 58.6 Å². The third-order valence-electron chi connectivity index (χ3n) is 7.58. The van der Waals surface area contributed by atoms with E-state index in [1.807, 2.05) is 30.3 Å². The van der Waals surface area contributed by atoms with Gasteiger partial charge >= 0.3 is 5.97 Å². The molecule has 1 amide bonds. The summed E-state index contributed by atoms with van der Waals surface area (Å²) in [6.45, 7) is 7.53. The summed E-state index contributed by atoms with van der Waals surface area (Å²) in [7, 11) is 0. The number of amides is 1. The number of nitrogens with zero attached hydrogens (tertiary/aromatic N) is 1. The third kappa shape index (κ3) is 4.60. The zero-order valence-electron chi connectivity index (χ0n) is 19.1. The number of piperidine rings is 1. The van der Waals surface area contributed by atoms with Gasteiger partial charge in [-0.25, -0.2) is 0 Å². The third-order valence-corrected chi connectivity index (χ3v) is 7.58. The lowest BCUT2D eigenvalue weighted by atomic mass is 9.75. The maximum absolute atomic E-state index is 13.0. The summed E-state index contributed by atoms with van der Waals surface area (Å²) >= 11 is 0. The lowest BCUT2D eigenvalue weighted by Crippen LogP contribution is -2.44. The molecular weight excluding hydrogens is 412 g/mol. The maximum atomic E-state index is 13.0. The maximum Gasteiger partial charge on any atom is 0.313 e. The minimum Gasteiger partial charge on any atom is -0.465 e. The Labute approximate surface area is 195 Å². The molecule has 0 spiro atoms. The number of esters is 1. The molecule has 2 aliphatic heterocycles. The van der Waals surface area contributed by atoms with Crippen LogP contribution in [0.3, 0.4) is 0 Å². The molecule has 5 rings (SSSR count). The average Bonchev–Trinajstić information content (AvgIpc) is 3.29. The van der Waals surface area contributed by atoms with E-state index in [2.05, 4.69) is 41.1 Å². The van der Waals surface area contributed by atoms with Gasteiger partial charge in [0.2, 0.25) is 0 Å². The molecular formula is C28H32N2O3. The van der Waals surface area contributed by atoms with Crippen LogP contribution in [0, 0.1) is 11.3 Å². The minimum absolute atomic E-state index is 0.0303. The predicted octanol–water partition coefficient (Wildman–Crippen LogP) is 4.13. The Kier molecular flexibility index (Phi) is 6.07. The Bertz CT molecular complexity index is 1040. The Morgan fingerprint density at radius 1 is 1.09 bits per heavy atom. The Morgan fingerprint density at radius 3 is 2.64 bits per heavy atom. The molecule has 2 aromatic rings. The number of rotatable bonds is 6. The standard InChI is InChI=1S/C28H32N2O3/c1-20-14-24-19-33-27(32)28(24,16-20)17-22-8-5-9-23(15-22)26(31)29-25-10-12-30(13-11-25)18-21-6-3-2-4-7-21/h2-9,15,24-25H,1,10-14,16-19H2,(H,29,31). The fourth-order valence-electron chi connectivity index (χ4n) is 5.80. The van der Waals surface area contributed by atoms with E-state index < -0.39 is 5.41 Å². The van der Waals surface area contributed by atoms with E-state index in [-0.39, 0.29) is 23.8 Å². The zero-order chi connectivity index (χ0) is 22.8. The van der Waals surface area contributed by atoms with Gasteiger partial charge in [-0.2, -0.15) is 0 Å². The fraction of sp³-hybridized carbons (Fsp3) is 0.429. The summed E-state index contributed by atoms with van der Waals surface area (Å²) in [4.78, 5) is 28.0. The highest BCUT2D eigenvalue weighted by atomic mass is 16.5. The number of hydrogen-bond donors (Lipinski definition) is 1. The van der Waals surface area contributed by atoms with E-state index in [1.54, 1.807) is 0 Å². The van der Waals surface area contributed by atoms with Crippen molar-refractivity contribution in [1.29, 1.82) is 0 Å². The second-order valence-corrected chi connectivity index (χ2v) is 9.97. The second-order valence-electron chi connectivity index (χ2n) is 9.97. The first-order valence-electron chi connectivity index (χ1n) is 12.0. The largest absolute Gasteiger partial charge is 0.465 e. The van der Waals surface area contributed by atoms with Crippen molar-refractivity contribution in [3.8, 4) is 0 Å². The van der Waals surface area contributed by atoms with Crippen LogP contribution >= 0.6 is 0 Å². The number of ether oxygens (including phenoxy) is 1. The molecule has 2 aromatic carbocycles. The summed E-state index contributed by atoms with van der Waals surface area (Å²) in [5.41, 5.74) is 3.63. The molecule has 172 valence electrons. The van der Waals surface area contributed by atoms with Crippen molar-refractivity contribution in [1.82, 2.24) is 10.2 Å². The number of allylic oxidation sites excluding steroid dienone is 1. The highest BCUT2D eigenvalue weighted by molar-refractivity contribution is 5.94. The predicted molar refractivity (Wildman–Crippen MR) is 128 cm³/mol. The van der Waals surface area contributed by atoms with E-state index in [9.17, 15) is 9.59 Å². The normalized spacial score (nSPS) is 25.6. The van der Waals surface area contributed by atoms with E-state index in [0.717, 1.165) is 50.0 Å². The molecule has 2 heterocycles. The monoisotopic (exact) mass is 444 g/mol. The molecule has 0 aromatic heterocycles. The first-order chi connectivity index (χ1) is 16.0. The van der Waals surface area contributed by atoms with Gasteiger partial charge in [0.25, 0.3) is 5.91 Å². The number of cyclic esters (lactones) is 1. The molecule has 0 bridgehead atoms. The van der Waals surface area contributed by atoms with Gasteiger partial charge in [-0.15, -0.1) is 0 Å². The number of carbonyl (C=O) groups excluding carboxylic acids is 2. The number of benzene rings is 2. The number of hydrogen-bond acceptors (Lipinski definition) is 4. The van der Waals surface area contributed by atoms with Gasteiger partial charge in [0.05, 0.1) is 12.0 Å². The molecule has 2 atom stereocenters. The van der Waals surface area contributed by atoms with Crippen LogP contribution in [-0.4, -0.2) is 42.5 Å². The molecule has 3 fully saturated rings. The van der Waals surface area contributed by atoms with Gasteiger partial charge in [0.1, 0.15) is 0 Å². The van der Waals surface area contributed by atoms with Crippen molar-refractivity contribution >= 4 is 11.9 Å². The van der Waals surface area contributed by atoms with Crippen LogP contribution in [0.25, 0.3) is 0 Å². The molecule has 1 saturated carbocycles. The van der Waals surface area contributed by atoms with Crippen LogP contribution < -0.4 is 5.32 Å². The average molecular weight is 445 g/mol. The molecule has 1 aliphatic carbocycles. The Hall–Kier alpha value is -2.92. The van der Waals surface area contributed by atoms with Gasteiger partial charge in [-0.05, 0) is 55.4 Å². The quantitative estimate of drug-likeness (QED) is 0.538. The zero-order valence-corrected chi connectivity index (χ0v) is 19.1. The molecule has 2 saturated heterocycles. The van der Waals surface area contributed by atoms with E-state index >= 15 is 0 Å². The summed E-state index contributed by atoms with van der Waals surface area (Å²) in [6.07, 6.45) is 4.06. The van der Waals surface area contributed by atoms with Crippen molar-refractivity contribution in [2.24, 2.45) is 11.3 Å². The van der Waals surface area contributed by atoms with Gasteiger partial charge < -0.3 is 10.1 Å². The van der Waals surface area contributed by atoms with Crippen LogP contribution in [0.1, 0.15) is 47.2 Å². The first kappa shape index (κ1) is 21.9. The smallest absolute Gasteiger partial charge is 0.313 e. The van der Waals surface area contributed by atoms with Crippen LogP contribution in [0.5, 0.6) is 0 Å². The van der Waals surface area contributed by atoms with E-state index in [1.165, 1.54) is 5.56 Å². The number of likely N-dealkylation sites (tertiary alicyclic amines) is 1. The van der Waals surface area contributed by atoms with Gasteiger partial charge in [-0.3, -0.25) is 14.5 Å². The fourth-order valence-corrected chi connectivity index (χ4v) is 5.80. The molecule has 3 aliphatic rings. The molecule has 1 N–H and O–H groups in total. The van der Waals surface area contributed by atoms with Crippen LogP contribution in [-0.2, 0) is 22.5 Å². The molecule has 5 nitrogen and oxygen atoms in total. The highest BCUT2D eigenvalue weighted by Gasteiger charge is 2.55. The Balaban J connectivity index is 1.18. The van der Waals surface area contributed by atoms with Crippen LogP contribution in [0.4, 0.5) is 0 Å². The number of carbonyl (C=O) groups is 2. The highest BCUT2D eigenvalue weighted by Crippen LogP contribution is 2.52. The first-order valence-corrected chi connectivity index (χ1v) is 12.0. The van der Waals surface area contributed by atoms with Gasteiger partial charge in [0.15, 0.2) is 0 Å². The van der Waals surface area contributed by atoms with E-state index in [0.29, 0.717) is 25.0 Å².